The molecule has 1 saturated carbocycles. The molecule has 3 aromatic rings. The number of nitrogens with one attached hydrogen (secondary N) is 3. The van der Waals surface area contributed by atoms with Gasteiger partial charge in [0.25, 0.3) is 11.8 Å². The number of amides is 3. The third kappa shape index (κ3) is 6.04. The molecule has 0 radical (unpaired) electrons. The number of halogens is 2. The average molecular weight is 675 g/mol. The minimum Gasteiger partial charge on any atom is -0.372 e. The zero-order valence-electron chi connectivity index (χ0n) is 27.9. The first-order valence-corrected chi connectivity index (χ1v) is 17.8. The summed E-state index contributed by atoms with van der Waals surface area (Å²) in [4.78, 5) is 41.8. The van der Waals surface area contributed by atoms with E-state index in [2.05, 4.69) is 47.9 Å². The lowest BCUT2D eigenvalue weighted by molar-refractivity contribution is -0.134. The van der Waals surface area contributed by atoms with E-state index in [9.17, 15) is 23.2 Å². The van der Waals surface area contributed by atoms with Crippen LogP contribution in [0.3, 0.4) is 0 Å². The number of fused-ring (bicyclic) bond motifs is 2. The third-order valence-electron chi connectivity index (χ3n) is 12.1. The van der Waals surface area contributed by atoms with Crippen molar-refractivity contribution >= 4 is 29.1 Å². The number of alkyl halides is 2. The van der Waals surface area contributed by atoms with Crippen LogP contribution < -0.4 is 15.5 Å². The van der Waals surface area contributed by atoms with Gasteiger partial charge in [0.1, 0.15) is 0 Å². The SMILES string of the molecule is C[C@@]12Cc3[nH]nc(C(=O)Nc4cnn(CC5CCN(CC6CCN(c7ccc([C@H]8CCC(=O)NC8=O)cc7)CC6)CC5)c4)c3C[C@@H]1C2(F)F. The zero-order chi connectivity index (χ0) is 33.9. The van der Waals surface area contributed by atoms with E-state index in [0.29, 0.717) is 41.6 Å². The maximum Gasteiger partial charge on any atom is 0.276 e. The van der Waals surface area contributed by atoms with Crippen LogP contribution >= 0.6 is 0 Å². The van der Waals surface area contributed by atoms with Gasteiger partial charge in [0.05, 0.1) is 17.8 Å². The number of hydrogen-bond acceptors (Lipinski definition) is 7. The van der Waals surface area contributed by atoms with E-state index in [1.807, 2.05) is 23.0 Å². The first-order chi connectivity index (χ1) is 23.6. The molecule has 5 aliphatic rings. The Labute approximate surface area is 284 Å². The molecular weight excluding hydrogens is 630 g/mol. The van der Waals surface area contributed by atoms with Gasteiger partial charge >= 0.3 is 0 Å². The van der Waals surface area contributed by atoms with Gasteiger partial charge < -0.3 is 15.1 Å². The Morgan fingerprint density at radius 2 is 1.71 bits per heavy atom. The number of nitrogens with zero attached hydrogens (tertiary/aromatic N) is 5. The number of imide groups is 1. The molecule has 260 valence electrons. The normalized spacial score (nSPS) is 27.4. The van der Waals surface area contributed by atoms with Crippen molar-refractivity contribution in [3.8, 4) is 0 Å². The van der Waals surface area contributed by atoms with E-state index < -0.39 is 23.2 Å². The predicted molar refractivity (Wildman–Crippen MR) is 178 cm³/mol. The number of hydrogen-bond donors (Lipinski definition) is 3. The Hall–Kier alpha value is -4.13. The van der Waals surface area contributed by atoms with Crippen molar-refractivity contribution in [2.75, 3.05) is 42.9 Å². The number of benzene rings is 1. The molecular formula is C36H44F2N8O3. The highest BCUT2D eigenvalue weighted by atomic mass is 19.3. The minimum absolute atomic E-state index is 0.166. The lowest BCUT2D eigenvalue weighted by Gasteiger charge is -2.38. The van der Waals surface area contributed by atoms with Gasteiger partial charge in [-0.1, -0.05) is 19.1 Å². The van der Waals surface area contributed by atoms with Crippen LogP contribution in [-0.4, -0.2) is 81.2 Å². The number of piperidine rings is 3. The van der Waals surface area contributed by atoms with E-state index in [4.69, 9.17) is 0 Å². The lowest BCUT2D eigenvalue weighted by atomic mass is 9.87. The second kappa shape index (κ2) is 12.3. The van der Waals surface area contributed by atoms with Gasteiger partial charge in [-0.3, -0.25) is 29.5 Å². The molecule has 5 heterocycles. The van der Waals surface area contributed by atoms with Crippen LogP contribution in [0.15, 0.2) is 36.7 Å². The number of aromatic nitrogens is 4. The van der Waals surface area contributed by atoms with Gasteiger partial charge in [-0.05, 0) is 81.1 Å². The summed E-state index contributed by atoms with van der Waals surface area (Å²) in [5, 5.41) is 16.8. The molecule has 0 bridgehead atoms. The highest BCUT2D eigenvalue weighted by Gasteiger charge is 2.78. The van der Waals surface area contributed by atoms with Crippen LogP contribution in [-0.2, 0) is 29.0 Å². The summed E-state index contributed by atoms with van der Waals surface area (Å²) in [7, 11) is 0. The number of carbonyl (C=O) groups is 3. The van der Waals surface area contributed by atoms with Crippen molar-refractivity contribution in [2.24, 2.45) is 23.2 Å². The topological polar surface area (TPSA) is 128 Å². The van der Waals surface area contributed by atoms with Crippen LogP contribution in [0.5, 0.6) is 0 Å². The van der Waals surface area contributed by atoms with Gasteiger partial charge in [-0.25, -0.2) is 8.78 Å². The number of aromatic amines is 1. The van der Waals surface area contributed by atoms with Gasteiger partial charge in [0.15, 0.2) is 5.69 Å². The second-order valence-electron chi connectivity index (χ2n) is 15.2. The molecule has 0 spiro atoms. The largest absolute Gasteiger partial charge is 0.372 e. The van der Waals surface area contributed by atoms with Gasteiger partial charge in [-0.15, -0.1) is 0 Å². The number of rotatable bonds is 8. The van der Waals surface area contributed by atoms with Crippen LogP contribution in [0, 0.1) is 23.2 Å². The molecule has 49 heavy (non-hydrogen) atoms. The van der Waals surface area contributed by atoms with Gasteiger partial charge in [0, 0.05) is 73.5 Å². The quantitative estimate of drug-likeness (QED) is 0.303. The van der Waals surface area contributed by atoms with Crippen molar-refractivity contribution < 1.29 is 23.2 Å². The van der Waals surface area contributed by atoms with Crippen LogP contribution in [0.4, 0.5) is 20.2 Å². The van der Waals surface area contributed by atoms with E-state index >= 15 is 0 Å². The standard InChI is InChI=1S/C36H44F2N8O3/c1-35-17-29-28(16-30(35)36(35,37)38)32(43-42-29)34(49)40-25-18-39-46(21-25)20-23-8-12-44(13-9-23)19-22-10-14-45(15-11-22)26-4-2-24(3-5-26)27-6-7-31(47)41-33(27)48/h2-5,18,21-23,27,30H,6-17,19-20H2,1H3,(H,40,49)(H,42,43)(H,41,47,48)/t27-,30+,35-/m1/s1. The van der Waals surface area contributed by atoms with E-state index in [1.54, 1.807) is 13.1 Å². The Balaban J connectivity index is 0.761. The Kier molecular flexibility index (Phi) is 8.08. The van der Waals surface area contributed by atoms with E-state index in [0.717, 1.165) is 70.5 Å². The molecule has 3 aliphatic heterocycles. The molecule has 4 fully saturated rings. The van der Waals surface area contributed by atoms with Crippen molar-refractivity contribution in [1.82, 2.24) is 30.2 Å². The van der Waals surface area contributed by atoms with Crippen molar-refractivity contribution in [2.45, 2.75) is 76.7 Å². The molecule has 8 rings (SSSR count). The van der Waals surface area contributed by atoms with Crippen LogP contribution in [0.2, 0.25) is 0 Å². The Bertz CT molecular complexity index is 1740. The zero-order valence-corrected chi connectivity index (χ0v) is 27.9. The summed E-state index contributed by atoms with van der Waals surface area (Å²) in [5.41, 5.74) is 3.16. The summed E-state index contributed by atoms with van der Waals surface area (Å²) in [6.07, 6.45) is 9.33. The third-order valence-corrected chi connectivity index (χ3v) is 12.1. The van der Waals surface area contributed by atoms with E-state index in [-0.39, 0.29) is 36.3 Å². The fourth-order valence-corrected chi connectivity index (χ4v) is 8.80. The Morgan fingerprint density at radius 1 is 1.00 bits per heavy atom. The van der Waals surface area contributed by atoms with Crippen LogP contribution in [0.1, 0.15) is 78.7 Å². The minimum atomic E-state index is -2.70. The maximum absolute atomic E-state index is 14.3. The lowest BCUT2D eigenvalue weighted by Crippen LogP contribution is -2.42. The first-order valence-electron chi connectivity index (χ1n) is 17.8. The van der Waals surface area contributed by atoms with Crippen molar-refractivity contribution in [1.29, 1.82) is 0 Å². The highest BCUT2D eigenvalue weighted by Crippen LogP contribution is 2.70. The van der Waals surface area contributed by atoms with Gasteiger partial charge in [-0.2, -0.15) is 10.2 Å². The fraction of sp³-hybridized carbons (Fsp3) is 0.583. The summed E-state index contributed by atoms with van der Waals surface area (Å²) >= 11 is 0. The molecule has 3 atom stereocenters. The number of likely N-dealkylation sites (tertiary alicyclic amines) is 1. The summed E-state index contributed by atoms with van der Waals surface area (Å²) in [6.45, 7) is 7.72. The molecule has 13 heteroatoms. The number of carbonyl (C=O) groups excluding carboxylic acids is 3. The van der Waals surface area contributed by atoms with E-state index in [1.165, 1.54) is 5.69 Å². The molecule has 3 amide bonds. The van der Waals surface area contributed by atoms with Crippen LogP contribution in [0.25, 0.3) is 0 Å². The summed E-state index contributed by atoms with van der Waals surface area (Å²) < 4.78 is 30.5. The Morgan fingerprint density at radius 3 is 2.45 bits per heavy atom. The molecule has 2 aromatic heterocycles. The van der Waals surface area contributed by atoms with Gasteiger partial charge in [0.2, 0.25) is 11.8 Å². The smallest absolute Gasteiger partial charge is 0.276 e. The summed E-state index contributed by atoms with van der Waals surface area (Å²) in [5.74, 6) is -3.26. The number of anilines is 2. The van der Waals surface area contributed by atoms with Crippen molar-refractivity contribution in [3.63, 3.8) is 0 Å². The number of H-pyrrole nitrogens is 1. The average Bonchev–Trinajstić information content (AvgIpc) is 3.49. The molecule has 3 saturated heterocycles. The monoisotopic (exact) mass is 674 g/mol. The maximum atomic E-state index is 14.3. The molecule has 3 N–H and O–H groups in total. The molecule has 2 aliphatic carbocycles. The summed E-state index contributed by atoms with van der Waals surface area (Å²) in [6, 6.07) is 8.29. The molecule has 11 nitrogen and oxygen atoms in total. The first kappa shape index (κ1) is 32.1. The van der Waals surface area contributed by atoms with Crippen molar-refractivity contribution in [3.05, 3.63) is 59.2 Å². The second-order valence-corrected chi connectivity index (χ2v) is 15.2. The highest BCUT2D eigenvalue weighted by molar-refractivity contribution is 6.04. The molecule has 1 aromatic carbocycles. The predicted octanol–water partition coefficient (Wildman–Crippen LogP) is 4.38. The molecule has 0 unspecified atom stereocenters. The fourth-order valence-electron chi connectivity index (χ4n) is 8.80.